The maximum absolute atomic E-state index is 11.1. The van der Waals surface area contributed by atoms with Crippen LogP contribution in [0.5, 0.6) is 0 Å². The summed E-state index contributed by atoms with van der Waals surface area (Å²) in [6, 6.07) is -42.6. The van der Waals surface area contributed by atoms with E-state index < -0.39 is 398 Å². The molecule has 79 heavy (non-hydrogen) atoms. The average molecular weight is 1050 g/mol. The molecule has 4 heterocycles. The van der Waals surface area contributed by atoms with Gasteiger partial charge in [-0.1, -0.05) is 184 Å². The van der Waals surface area contributed by atoms with Gasteiger partial charge in [0.1, 0.15) is 6.07 Å². The van der Waals surface area contributed by atoms with Crippen LogP contribution in [0, 0.1) is 17.9 Å². The van der Waals surface area contributed by atoms with E-state index in [-0.39, 0.29) is 0 Å². The molecule has 0 bridgehead atoms. The minimum atomic E-state index is -2.47. The summed E-state index contributed by atoms with van der Waals surface area (Å²) >= 11 is 0. The van der Waals surface area contributed by atoms with Crippen molar-refractivity contribution in [2.45, 2.75) is 26.2 Å². The number of nitrogens with zero attached hydrogens (tertiary/aromatic N) is 6. The molecule has 0 amide bonds. The van der Waals surface area contributed by atoms with E-state index in [0.29, 0.717) is 18.9 Å². The van der Waals surface area contributed by atoms with Crippen LogP contribution in [-0.2, 0) is 5.41 Å². The fourth-order valence-electron chi connectivity index (χ4n) is 9.98. The molecule has 0 unspecified atom stereocenters. The predicted molar refractivity (Wildman–Crippen MR) is 330 cm³/mol. The first-order valence-corrected chi connectivity index (χ1v) is 23.7. The molecular formula is C72H49BN6. The summed E-state index contributed by atoms with van der Waals surface area (Å²) in [6.45, 7) is 10.3. The van der Waals surface area contributed by atoms with Crippen molar-refractivity contribution >= 4 is 107 Å². The van der Waals surface area contributed by atoms with E-state index in [2.05, 4.69) is 4.85 Å². The zero-order valence-corrected chi connectivity index (χ0v) is 40.8. The zero-order valence-electron chi connectivity index (χ0n) is 80.8. The Hall–Kier alpha value is -10.3. The number of aromatic nitrogens is 2. The van der Waals surface area contributed by atoms with Gasteiger partial charge in [0.05, 0.1) is 87.7 Å². The van der Waals surface area contributed by atoms with E-state index in [4.69, 9.17) is 31.2 Å². The van der Waals surface area contributed by atoms with E-state index in [0.717, 1.165) is 0 Å². The lowest BCUT2D eigenvalue weighted by molar-refractivity contribution is 0.590. The van der Waals surface area contributed by atoms with Crippen LogP contribution in [0.4, 0.5) is 39.8 Å². The maximum atomic E-state index is 11.1. The molecular weight excluding hydrogens is 960 g/mol. The molecule has 6 nitrogen and oxygen atoms in total. The Morgan fingerprint density at radius 1 is 0.443 bits per heavy atom. The smallest absolute Gasteiger partial charge is 0.252 e. The van der Waals surface area contributed by atoms with Crippen LogP contribution >= 0.6 is 0 Å². The lowest BCUT2D eigenvalue weighted by Gasteiger charge is -2.45. The summed E-state index contributed by atoms with van der Waals surface area (Å²) in [5, 5.41) is 8.45. The molecule has 2 aromatic heterocycles. The monoisotopic (exact) mass is 1050 g/mol. The van der Waals surface area contributed by atoms with Gasteiger partial charge >= 0.3 is 0 Å². The molecule has 7 heteroatoms. The number of hydrogen-bond acceptors (Lipinski definition) is 3. The molecule has 11 aromatic carbocycles. The molecule has 2 aliphatic rings. The van der Waals surface area contributed by atoms with Crippen molar-refractivity contribution in [3.8, 4) is 39.7 Å². The number of rotatable bonds is 6. The van der Waals surface area contributed by atoms with E-state index in [9.17, 15) is 35.4 Å². The highest BCUT2D eigenvalue weighted by Crippen LogP contribution is 2.49. The highest BCUT2D eigenvalue weighted by Gasteiger charge is 2.44. The first-order valence-electron chi connectivity index (χ1n) is 43.7. The van der Waals surface area contributed by atoms with E-state index >= 15 is 0 Å². The second-order valence-electron chi connectivity index (χ2n) is 18.8. The molecule has 0 saturated carbocycles. The minimum Gasteiger partial charge on any atom is -0.319 e. The molecule has 0 atom stereocenters. The van der Waals surface area contributed by atoms with Crippen molar-refractivity contribution in [2.24, 2.45) is 0 Å². The van der Waals surface area contributed by atoms with Gasteiger partial charge in [0.15, 0.2) is 0 Å². The summed E-state index contributed by atoms with van der Waals surface area (Å²) in [6.07, 6.45) is 0. The third-order valence-corrected chi connectivity index (χ3v) is 13.4. The van der Waals surface area contributed by atoms with Crippen LogP contribution < -0.4 is 26.2 Å². The second kappa shape index (κ2) is 17.6. The Morgan fingerprint density at radius 3 is 1.37 bits per heavy atom. The van der Waals surface area contributed by atoms with Crippen LogP contribution in [-0.4, -0.2) is 15.8 Å². The van der Waals surface area contributed by atoms with E-state index in [1.165, 1.54) is 20.8 Å². The van der Waals surface area contributed by atoms with Crippen molar-refractivity contribution < 1.29 is 54.8 Å². The van der Waals surface area contributed by atoms with Crippen molar-refractivity contribution in [1.29, 1.82) is 5.26 Å². The molecule has 0 aliphatic carbocycles. The molecule has 15 rings (SSSR count). The first-order chi connectivity index (χ1) is 55.4. The second-order valence-corrected chi connectivity index (χ2v) is 18.8. The Labute approximate surface area is 515 Å². The summed E-state index contributed by atoms with van der Waals surface area (Å²) in [7, 11) is 0. The summed E-state index contributed by atoms with van der Waals surface area (Å²) in [5.74, 6) is 0. The molecule has 370 valence electrons. The van der Waals surface area contributed by atoms with Gasteiger partial charge < -0.3 is 18.9 Å². The van der Waals surface area contributed by atoms with Gasteiger partial charge in [-0.05, 0) is 134 Å². The van der Waals surface area contributed by atoms with Gasteiger partial charge in [-0.2, -0.15) is 5.26 Å². The first kappa shape index (κ1) is 20.9. The Morgan fingerprint density at radius 2 is 0.873 bits per heavy atom. The van der Waals surface area contributed by atoms with Gasteiger partial charge in [-0.25, -0.2) is 4.85 Å². The Kier molecular flexibility index (Phi) is 4.66. The Bertz CT molecular complexity index is 6680. The van der Waals surface area contributed by atoms with Gasteiger partial charge in [-0.3, -0.25) is 0 Å². The third-order valence-electron chi connectivity index (χ3n) is 13.4. The topological polar surface area (TPSA) is 44.5 Å². The van der Waals surface area contributed by atoms with Crippen LogP contribution in [0.1, 0.15) is 86.7 Å². The van der Waals surface area contributed by atoms with Crippen LogP contribution in [0.25, 0.3) is 82.1 Å². The standard InChI is InChI=1S/C72H49BN6/c1-72(2,3)51-41-67-69-68(42-51)77(53-35-31-49(32-36-53)47-19-9-6-10-20-47)66-44-55(79-64-28-14-12-23-57(64)59-25-16-26-62(75-4)71(59)79)38-40-61(66)73(69)60-39-37-54(78-63-27-13-11-22-56(63)58-24-15-21-50(45-74)70(58)78)43-65(60)76(67)52-33-29-48(30-34-52)46-17-7-5-8-18-46/h5-44H,1-3H3/i5D,6D,7D,8D,9D,10D,11D,12D,13D,14D,15D,16D,17D,18D,19D,20D,21D,22D,23D,24D,25D,26D,27D,28D,29D,30D,31D,32D,33D,34D,35D,36D,37D,38D,39D,40D,41D,42D,43D,44D. The quantitative estimate of drug-likeness (QED) is 0.123. The molecule has 0 radical (unpaired) electrons. The number of para-hydroxylation sites is 4. The maximum Gasteiger partial charge on any atom is 0.252 e. The number of anilines is 6. The average Bonchev–Trinajstić information content (AvgIpc) is 1.17. The van der Waals surface area contributed by atoms with Crippen LogP contribution in [0.2, 0.25) is 0 Å². The lowest BCUT2D eigenvalue weighted by atomic mass is 9.33. The predicted octanol–water partition coefficient (Wildman–Crippen LogP) is 17.0. The van der Waals surface area contributed by atoms with Gasteiger partial charge in [0.2, 0.25) is 5.69 Å². The summed E-state index contributed by atoms with van der Waals surface area (Å²) < 4.78 is 385. The molecule has 0 spiro atoms. The molecule has 0 fully saturated rings. The van der Waals surface area contributed by atoms with Crippen molar-refractivity contribution in [2.75, 3.05) is 9.80 Å². The minimum absolute atomic E-state index is 0.555. The lowest BCUT2D eigenvalue weighted by Crippen LogP contribution is -2.61. The summed E-state index contributed by atoms with van der Waals surface area (Å²) in [4.78, 5) is 4.72. The van der Waals surface area contributed by atoms with E-state index in [1.54, 1.807) is 6.07 Å². The fraction of sp³-hybridized carbons (Fsp3) is 0.0556. The largest absolute Gasteiger partial charge is 0.319 e. The Balaban J connectivity index is 1.25. The normalized spacial score (nSPS) is 19.7. The highest BCUT2D eigenvalue weighted by atomic mass is 15.2. The van der Waals surface area contributed by atoms with E-state index in [1.807, 2.05) is 0 Å². The molecule has 0 saturated heterocycles. The van der Waals surface area contributed by atoms with Gasteiger partial charge in [-0.15, -0.1) is 0 Å². The van der Waals surface area contributed by atoms with Crippen molar-refractivity contribution in [3.05, 3.63) is 264 Å². The van der Waals surface area contributed by atoms with Crippen molar-refractivity contribution in [3.63, 3.8) is 0 Å². The molecule has 2 aliphatic heterocycles. The highest BCUT2D eigenvalue weighted by molar-refractivity contribution is 7.00. The van der Waals surface area contributed by atoms with Crippen LogP contribution in [0.15, 0.2) is 242 Å². The zero-order chi connectivity index (χ0) is 87.9. The number of nitriles is 1. The SMILES string of the molecule is [2H]c1c([2H])c([2H])c(-c2c([2H])c([2H])c(N3c4c([2H])c(-n5c6c([2H])c([2H])c([2H])c([2H])c6c6c([2H])c([2H])c([2H])c(C#N)c65)c([2H])c([2H])c4B4c5c([2H])c([2H])c(-n6c7c([2H])c([2H])c([2H])c([2H])c7c7c([2H])c([2H])c([2H])c([N+]#[C-])c76)c([2H])c5N(c5c([2H])c([2H])c(-c6c([2H])c([2H])c([2H])c([2H])c6[2H])c([2H])c5[2H])c5c([2H])c(C(C)(C)C)c([2H])c3c54)c([2H])c2[2H])c([2H])c1[2H]. The van der Waals surface area contributed by atoms with Gasteiger partial charge in [0, 0.05) is 63.0 Å². The fourth-order valence-corrected chi connectivity index (χ4v) is 9.98. The van der Waals surface area contributed by atoms with Crippen LogP contribution in [0.3, 0.4) is 0 Å². The van der Waals surface area contributed by atoms with Crippen molar-refractivity contribution in [1.82, 2.24) is 9.13 Å². The summed E-state index contributed by atoms with van der Waals surface area (Å²) in [5.41, 5.74) is -22.3. The number of hydrogen-bond donors (Lipinski definition) is 0. The third kappa shape index (κ3) is 7.03. The number of fused-ring (bicyclic) bond motifs is 10. The van der Waals surface area contributed by atoms with Gasteiger partial charge in [0.25, 0.3) is 6.71 Å². The molecule has 13 aromatic rings. The molecule has 0 N–H and O–H groups in total. The number of benzene rings is 11.